The van der Waals surface area contributed by atoms with Crippen molar-refractivity contribution in [2.75, 3.05) is 19.8 Å². The Morgan fingerprint density at radius 2 is 1.57 bits per heavy atom. The summed E-state index contributed by atoms with van der Waals surface area (Å²) in [6.07, 6.45) is 0.447. The van der Waals surface area contributed by atoms with Crippen LogP contribution in [0.4, 0.5) is 0 Å². The summed E-state index contributed by atoms with van der Waals surface area (Å²) in [6.45, 7) is 12.1. The third-order valence-electron chi connectivity index (χ3n) is 9.05. The third-order valence-corrected chi connectivity index (χ3v) is 9.05. The lowest BCUT2D eigenvalue weighted by molar-refractivity contribution is -0.249. The number of hydrogen-bond acceptors (Lipinski definition) is 8. The Balaban J connectivity index is 1.39. The third kappa shape index (κ3) is 5.75. The molecule has 2 aliphatic heterocycles. The van der Waals surface area contributed by atoms with E-state index < -0.39 is 18.5 Å². The van der Waals surface area contributed by atoms with E-state index in [1.54, 1.807) is 0 Å². The van der Waals surface area contributed by atoms with Crippen LogP contribution in [0.3, 0.4) is 0 Å². The Bertz CT molecular complexity index is 697. The van der Waals surface area contributed by atoms with Crippen molar-refractivity contribution in [3.63, 3.8) is 0 Å². The van der Waals surface area contributed by atoms with Gasteiger partial charge in [0.25, 0.3) is 0 Å². The van der Waals surface area contributed by atoms with Crippen molar-refractivity contribution in [3.8, 4) is 0 Å². The van der Waals surface area contributed by atoms with Gasteiger partial charge in [0.05, 0.1) is 55.9 Å². The fraction of sp³-hybridized carbons (Fsp3) is 1.00. The van der Waals surface area contributed by atoms with E-state index in [1.807, 2.05) is 20.8 Å². The molecule has 4 N–H and O–H groups in total. The van der Waals surface area contributed by atoms with E-state index in [0.717, 1.165) is 12.8 Å². The van der Waals surface area contributed by atoms with Crippen LogP contribution in [0.25, 0.3) is 0 Å². The van der Waals surface area contributed by atoms with E-state index >= 15 is 0 Å². The second-order valence-electron chi connectivity index (χ2n) is 12.5. The van der Waals surface area contributed by atoms with Gasteiger partial charge in [0.1, 0.15) is 6.10 Å². The van der Waals surface area contributed by atoms with Gasteiger partial charge >= 0.3 is 0 Å². The molecule has 0 aromatic heterocycles. The maximum Gasteiger partial charge on any atom is 0.161 e. The van der Waals surface area contributed by atoms with Crippen LogP contribution >= 0.6 is 0 Å². The van der Waals surface area contributed by atoms with Crippen molar-refractivity contribution in [1.29, 1.82) is 0 Å². The highest BCUT2D eigenvalue weighted by molar-refractivity contribution is 5.14. The predicted molar refractivity (Wildman–Crippen MR) is 129 cm³/mol. The van der Waals surface area contributed by atoms with E-state index in [-0.39, 0.29) is 85.3 Å². The van der Waals surface area contributed by atoms with Gasteiger partial charge in [-0.25, -0.2) is 0 Å². The van der Waals surface area contributed by atoms with Crippen LogP contribution in [0, 0.1) is 41.4 Å². The zero-order chi connectivity index (χ0) is 25.7. The number of aliphatic hydroxyl groups excluding tert-OH is 4. The summed E-state index contributed by atoms with van der Waals surface area (Å²) in [5.74, 6) is 1.59. The van der Waals surface area contributed by atoms with Crippen molar-refractivity contribution in [3.05, 3.63) is 0 Å². The molecule has 14 atom stereocenters. The molecule has 2 saturated heterocycles. The average molecular weight is 501 g/mol. The van der Waals surface area contributed by atoms with Gasteiger partial charge in [0.15, 0.2) is 6.29 Å². The zero-order valence-electron chi connectivity index (χ0n) is 22.2. The molecular weight excluding hydrogens is 452 g/mol. The lowest BCUT2D eigenvalue weighted by atomic mass is 9.86. The molecule has 4 fully saturated rings. The van der Waals surface area contributed by atoms with Crippen LogP contribution in [0.15, 0.2) is 0 Å². The monoisotopic (exact) mass is 500 g/mol. The maximum atomic E-state index is 10.3. The molecule has 2 aliphatic carbocycles. The number of fused-ring (bicyclic) bond motifs is 2. The van der Waals surface area contributed by atoms with Crippen LogP contribution < -0.4 is 0 Å². The van der Waals surface area contributed by atoms with Gasteiger partial charge in [0.2, 0.25) is 0 Å². The van der Waals surface area contributed by atoms with Gasteiger partial charge in [-0.15, -0.1) is 0 Å². The molecule has 35 heavy (non-hydrogen) atoms. The molecular formula is C27H48O8. The number of hydrogen-bond donors (Lipinski definition) is 4. The number of ether oxygens (including phenoxy) is 4. The summed E-state index contributed by atoms with van der Waals surface area (Å²) in [5, 5.41) is 40.1. The molecule has 2 saturated carbocycles. The van der Waals surface area contributed by atoms with Crippen molar-refractivity contribution < 1.29 is 39.4 Å². The smallest absolute Gasteiger partial charge is 0.161 e. The standard InChI is InChI=1S/C27H48O8/c1-7-13(2)26(35-27(4,5)6)34-19(10-28)14(3)22-16-8-15(20(11-29)32-24(16)22)23-17-9-18(31)21(12-30)33-25(17)23/h13-26,28-31H,7-12H2,1-6H3. The average Bonchev–Trinajstić information content (AvgIpc) is 3.71. The van der Waals surface area contributed by atoms with E-state index in [4.69, 9.17) is 18.9 Å². The van der Waals surface area contributed by atoms with Crippen LogP contribution in [0.2, 0.25) is 0 Å². The molecule has 0 aromatic rings. The Morgan fingerprint density at radius 1 is 0.914 bits per heavy atom. The van der Waals surface area contributed by atoms with Crippen molar-refractivity contribution in [1.82, 2.24) is 0 Å². The molecule has 0 bridgehead atoms. The SMILES string of the molecule is CCC(C)C(OC(CO)C(C)C1C2CC(C3C4CC(O)C(CO)OC43)C(CO)OC21)OC(C)(C)C. The topological polar surface area (TPSA) is 118 Å². The maximum absolute atomic E-state index is 10.3. The van der Waals surface area contributed by atoms with Crippen LogP contribution in [0.5, 0.6) is 0 Å². The number of rotatable bonds is 11. The Morgan fingerprint density at radius 3 is 2.14 bits per heavy atom. The van der Waals surface area contributed by atoms with Gasteiger partial charge in [-0.1, -0.05) is 20.8 Å². The second-order valence-corrected chi connectivity index (χ2v) is 12.5. The summed E-state index contributed by atoms with van der Waals surface area (Å²) in [7, 11) is 0. The summed E-state index contributed by atoms with van der Waals surface area (Å²) in [5.41, 5.74) is -0.346. The summed E-state index contributed by atoms with van der Waals surface area (Å²) in [4.78, 5) is 0. The van der Waals surface area contributed by atoms with Gasteiger partial charge < -0.3 is 39.4 Å². The van der Waals surface area contributed by atoms with Crippen molar-refractivity contribution in [2.45, 2.75) is 109 Å². The molecule has 0 radical (unpaired) electrons. The Kier molecular flexibility index (Phi) is 8.56. The van der Waals surface area contributed by atoms with Gasteiger partial charge in [-0.3, -0.25) is 0 Å². The van der Waals surface area contributed by atoms with Crippen molar-refractivity contribution in [2.24, 2.45) is 41.4 Å². The first-order valence-electron chi connectivity index (χ1n) is 13.7. The lowest BCUT2D eigenvalue weighted by Gasteiger charge is -2.35. The number of aliphatic hydroxyl groups is 4. The highest BCUT2D eigenvalue weighted by Crippen LogP contribution is 2.62. The molecule has 8 heteroatoms. The highest BCUT2D eigenvalue weighted by atomic mass is 16.7. The molecule has 0 amide bonds. The largest absolute Gasteiger partial charge is 0.394 e. The van der Waals surface area contributed by atoms with E-state index in [2.05, 4.69) is 20.8 Å². The molecule has 0 spiro atoms. The van der Waals surface area contributed by atoms with E-state index in [1.165, 1.54) is 0 Å². The van der Waals surface area contributed by atoms with Gasteiger partial charge in [-0.05, 0) is 75.5 Å². The first-order chi connectivity index (χ1) is 16.5. The normalized spacial score (nSPS) is 44.1. The minimum Gasteiger partial charge on any atom is -0.394 e. The molecule has 4 aliphatic rings. The summed E-state index contributed by atoms with van der Waals surface area (Å²) < 4.78 is 25.0. The minimum absolute atomic E-state index is 0.0312. The molecule has 204 valence electrons. The van der Waals surface area contributed by atoms with Gasteiger partial charge in [-0.2, -0.15) is 0 Å². The highest BCUT2D eigenvalue weighted by Gasteiger charge is 2.67. The zero-order valence-corrected chi connectivity index (χ0v) is 22.2. The minimum atomic E-state index is -0.638. The van der Waals surface area contributed by atoms with E-state index in [9.17, 15) is 20.4 Å². The van der Waals surface area contributed by atoms with Crippen LogP contribution in [-0.2, 0) is 18.9 Å². The van der Waals surface area contributed by atoms with Crippen molar-refractivity contribution >= 4 is 0 Å². The lowest BCUT2D eigenvalue weighted by Crippen LogP contribution is -2.40. The second kappa shape index (κ2) is 10.8. The fourth-order valence-corrected chi connectivity index (χ4v) is 6.76. The molecule has 2 heterocycles. The Hall–Kier alpha value is -0.320. The van der Waals surface area contributed by atoms with Crippen LogP contribution in [-0.4, -0.2) is 88.8 Å². The fourth-order valence-electron chi connectivity index (χ4n) is 6.76. The quantitative estimate of drug-likeness (QED) is 0.318. The Labute approximate surface area is 210 Å². The van der Waals surface area contributed by atoms with Crippen LogP contribution in [0.1, 0.15) is 60.8 Å². The van der Waals surface area contributed by atoms with E-state index in [0.29, 0.717) is 12.3 Å². The summed E-state index contributed by atoms with van der Waals surface area (Å²) in [6, 6.07) is 0. The predicted octanol–water partition coefficient (Wildman–Crippen LogP) is 1.96. The first-order valence-corrected chi connectivity index (χ1v) is 13.7. The molecule has 4 rings (SSSR count). The summed E-state index contributed by atoms with van der Waals surface area (Å²) >= 11 is 0. The first kappa shape index (κ1) is 27.7. The van der Waals surface area contributed by atoms with Gasteiger partial charge in [0, 0.05) is 5.92 Å². The molecule has 14 unspecified atom stereocenters. The molecule has 8 nitrogen and oxygen atoms in total. The molecule has 0 aromatic carbocycles.